The van der Waals surface area contributed by atoms with Gasteiger partial charge in [-0.1, -0.05) is 49.7 Å². The van der Waals surface area contributed by atoms with Gasteiger partial charge in [-0.25, -0.2) is 0 Å². The molecule has 0 aliphatic carbocycles. The number of carbonyl (C=O) groups excluding carboxylic acids is 2. The van der Waals surface area contributed by atoms with Gasteiger partial charge in [-0.2, -0.15) is 5.21 Å². The number of hydrogen-bond donors (Lipinski definition) is 2. The minimum atomic E-state index is -0.382. The van der Waals surface area contributed by atoms with Gasteiger partial charge in [-0.15, -0.1) is 10.2 Å². The van der Waals surface area contributed by atoms with Gasteiger partial charge in [0.05, 0.1) is 5.69 Å². The van der Waals surface area contributed by atoms with Crippen LogP contribution < -0.4 is 15.8 Å². The Morgan fingerprint density at radius 1 is 1.00 bits per heavy atom. The van der Waals surface area contributed by atoms with Crippen LogP contribution >= 0.6 is 0 Å². The van der Waals surface area contributed by atoms with Crippen molar-refractivity contribution in [2.75, 3.05) is 31.4 Å². The molecule has 2 heterocycles. The second kappa shape index (κ2) is 12.2. The lowest BCUT2D eigenvalue weighted by Gasteiger charge is -2.24. The summed E-state index contributed by atoms with van der Waals surface area (Å²) in [6, 6.07) is 17.1. The number of nitrogens with one attached hydrogen (secondary N) is 2. The van der Waals surface area contributed by atoms with Gasteiger partial charge >= 0.3 is 0 Å². The minimum absolute atomic E-state index is 0.109. The molecule has 11 heteroatoms. The Kier molecular flexibility index (Phi) is 8.50. The lowest BCUT2D eigenvalue weighted by atomic mass is 9.99. The molecule has 2 aromatic heterocycles. The monoisotopic (exact) mass is 528 g/mol. The zero-order chi connectivity index (χ0) is 27.9. The molecule has 0 aliphatic heterocycles. The number of likely N-dealkylation sites (N-methyl/N-ethyl adjacent to an activating group) is 1. The molecule has 39 heavy (non-hydrogen) atoms. The normalized spacial score (nSPS) is 10.8. The number of H-pyrrole nitrogens is 1. The second-order valence-corrected chi connectivity index (χ2v) is 9.34. The molecule has 11 nitrogen and oxygen atoms in total. The van der Waals surface area contributed by atoms with E-state index in [0.717, 1.165) is 35.2 Å². The number of nitrogens with zero attached hydrogens (tertiary/aromatic N) is 6. The van der Waals surface area contributed by atoms with E-state index in [9.17, 15) is 14.4 Å². The summed E-state index contributed by atoms with van der Waals surface area (Å²) in [4.78, 5) is 41.7. The largest absolute Gasteiger partial charge is 0.347 e. The molecule has 0 radical (unpaired) electrons. The molecule has 0 atom stereocenters. The number of benzene rings is 2. The number of tetrazole rings is 1. The van der Waals surface area contributed by atoms with Crippen molar-refractivity contribution in [2.45, 2.75) is 32.7 Å². The van der Waals surface area contributed by atoms with Crippen LogP contribution in [-0.2, 0) is 16.1 Å². The lowest BCUT2D eigenvalue weighted by Crippen LogP contribution is -2.34. The third kappa shape index (κ3) is 6.20. The summed E-state index contributed by atoms with van der Waals surface area (Å²) >= 11 is 0. The highest BCUT2D eigenvalue weighted by atomic mass is 16.2. The van der Waals surface area contributed by atoms with Gasteiger partial charge in [-0.3, -0.25) is 14.4 Å². The Morgan fingerprint density at radius 2 is 1.72 bits per heavy atom. The molecule has 0 spiro atoms. The average molecular weight is 529 g/mol. The first-order valence-corrected chi connectivity index (χ1v) is 12.7. The maximum atomic E-state index is 13.6. The fourth-order valence-electron chi connectivity index (χ4n) is 4.15. The van der Waals surface area contributed by atoms with E-state index in [2.05, 4.69) is 25.9 Å². The van der Waals surface area contributed by atoms with Crippen LogP contribution in [-0.4, -0.2) is 63.0 Å². The summed E-state index contributed by atoms with van der Waals surface area (Å²) in [6.45, 7) is 1.90. The lowest BCUT2D eigenvalue weighted by molar-refractivity contribution is -0.129. The van der Waals surface area contributed by atoms with Gasteiger partial charge < -0.3 is 19.7 Å². The fourth-order valence-corrected chi connectivity index (χ4v) is 4.15. The van der Waals surface area contributed by atoms with E-state index in [4.69, 9.17) is 0 Å². The maximum Gasteiger partial charge on any atom is 0.277 e. The van der Waals surface area contributed by atoms with Crippen molar-refractivity contribution >= 4 is 28.9 Å². The molecule has 0 bridgehead atoms. The van der Waals surface area contributed by atoms with Crippen LogP contribution in [0.15, 0.2) is 65.6 Å². The fraction of sp³-hybridized carbons (Fsp3) is 0.286. The number of aromatic nitrogens is 5. The van der Waals surface area contributed by atoms with E-state index in [0.29, 0.717) is 17.9 Å². The average Bonchev–Trinajstić information content (AvgIpc) is 3.48. The molecular weight excluding hydrogens is 496 g/mol. The van der Waals surface area contributed by atoms with Crippen LogP contribution in [0.4, 0.5) is 17.1 Å². The predicted octanol–water partition coefficient (Wildman–Crippen LogP) is 3.68. The van der Waals surface area contributed by atoms with Crippen LogP contribution in [0.2, 0.25) is 0 Å². The molecular formula is C28H32N8O3. The topological polar surface area (TPSA) is 129 Å². The van der Waals surface area contributed by atoms with Crippen molar-refractivity contribution in [3.05, 3.63) is 71.1 Å². The van der Waals surface area contributed by atoms with Crippen molar-refractivity contribution in [3.63, 3.8) is 0 Å². The van der Waals surface area contributed by atoms with Gasteiger partial charge in [0.2, 0.25) is 17.6 Å². The highest BCUT2D eigenvalue weighted by molar-refractivity contribution is 5.95. The molecule has 202 valence electrons. The number of aromatic amines is 1. The van der Waals surface area contributed by atoms with Crippen LogP contribution in [0.3, 0.4) is 0 Å². The van der Waals surface area contributed by atoms with E-state index in [-0.39, 0.29) is 29.6 Å². The van der Waals surface area contributed by atoms with E-state index in [1.807, 2.05) is 55.5 Å². The summed E-state index contributed by atoms with van der Waals surface area (Å²) in [5.74, 6) is 0.115. The Balaban J connectivity index is 1.70. The molecule has 2 amide bonds. The summed E-state index contributed by atoms with van der Waals surface area (Å²) in [5.41, 5.74) is 3.71. The summed E-state index contributed by atoms with van der Waals surface area (Å²) in [6.07, 6.45) is 3.53. The first-order valence-electron chi connectivity index (χ1n) is 12.7. The zero-order valence-electron chi connectivity index (χ0n) is 22.5. The molecule has 2 aromatic carbocycles. The second-order valence-electron chi connectivity index (χ2n) is 9.34. The third-order valence-electron chi connectivity index (χ3n) is 6.39. The Bertz CT molecular complexity index is 1490. The number of rotatable bonds is 10. The smallest absolute Gasteiger partial charge is 0.277 e. The molecule has 2 N–H and O–H groups in total. The molecule has 0 unspecified atom stereocenters. The van der Waals surface area contributed by atoms with Gasteiger partial charge in [0, 0.05) is 45.0 Å². The number of anilines is 3. The van der Waals surface area contributed by atoms with Crippen LogP contribution in [0.1, 0.15) is 26.2 Å². The first-order chi connectivity index (χ1) is 18.8. The van der Waals surface area contributed by atoms with Gasteiger partial charge in [0.25, 0.3) is 5.56 Å². The Morgan fingerprint density at radius 3 is 2.36 bits per heavy atom. The highest BCUT2D eigenvalue weighted by Gasteiger charge is 2.20. The summed E-state index contributed by atoms with van der Waals surface area (Å²) in [7, 11) is 5.04. The molecule has 0 fully saturated rings. The third-order valence-corrected chi connectivity index (χ3v) is 6.39. The zero-order valence-corrected chi connectivity index (χ0v) is 22.5. The maximum absolute atomic E-state index is 13.6. The quantitative estimate of drug-likeness (QED) is 0.321. The van der Waals surface area contributed by atoms with E-state index in [1.165, 1.54) is 15.7 Å². The van der Waals surface area contributed by atoms with Crippen LogP contribution in [0, 0.1) is 0 Å². The van der Waals surface area contributed by atoms with Crippen molar-refractivity contribution in [1.29, 1.82) is 0 Å². The standard InChI is InChI=1S/C28H32N8O3/c1-5-6-11-24(37)29-23-16-17-36(18-25(38)34(2)3)28(39)26(23)35(4)20-14-12-19(13-15-20)21-9-7-8-10-22(21)27-30-32-33-31-27/h7-10,12-17H,5-6,11,18H2,1-4H3,(H,29,37)(H,30,31,32,33). The van der Waals surface area contributed by atoms with Gasteiger partial charge in [-0.05, 0) is 41.0 Å². The van der Waals surface area contributed by atoms with Gasteiger partial charge in [0.1, 0.15) is 12.2 Å². The number of carbonyl (C=O) groups is 2. The highest BCUT2D eigenvalue weighted by Crippen LogP contribution is 2.33. The molecule has 0 saturated heterocycles. The molecule has 4 rings (SSSR count). The van der Waals surface area contributed by atoms with E-state index >= 15 is 0 Å². The number of unbranched alkanes of at least 4 members (excludes halogenated alkanes) is 1. The Hall–Kier alpha value is -4.80. The number of pyridine rings is 1. The molecule has 0 saturated carbocycles. The van der Waals surface area contributed by atoms with Crippen molar-refractivity contribution in [2.24, 2.45) is 0 Å². The van der Waals surface area contributed by atoms with Gasteiger partial charge in [0.15, 0.2) is 0 Å². The first kappa shape index (κ1) is 27.2. The summed E-state index contributed by atoms with van der Waals surface area (Å²) < 4.78 is 1.35. The Labute approximate surface area is 226 Å². The SMILES string of the molecule is CCCCC(=O)Nc1ccn(CC(=O)N(C)C)c(=O)c1N(C)c1ccc(-c2ccccc2-c2nn[nH]n2)cc1. The van der Waals surface area contributed by atoms with E-state index < -0.39 is 0 Å². The molecule has 0 aliphatic rings. The number of hydrogen-bond acceptors (Lipinski definition) is 7. The van der Waals surface area contributed by atoms with Crippen LogP contribution in [0.25, 0.3) is 22.5 Å². The molecule has 4 aromatic rings. The van der Waals surface area contributed by atoms with Crippen molar-refractivity contribution in [3.8, 4) is 22.5 Å². The van der Waals surface area contributed by atoms with Crippen molar-refractivity contribution < 1.29 is 9.59 Å². The number of amides is 2. The van der Waals surface area contributed by atoms with Crippen LogP contribution in [0.5, 0.6) is 0 Å². The predicted molar refractivity (Wildman–Crippen MR) is 151 cm³/mol. The van der Waals surface area contributed by atoms with E-state index in [1.54, 1.807) is 32.1 Å². The minimum Gasteiger partial charge on any atom is -0.347 e. The van der Waals surface area contributed by atoms with Crippen molar-refractivity contribution in [1.82, 2.24) is 30.1 Å². The summed E-state index contributed by atoms with van der Waals surface area (Å²) in [5, 5.41) is 17.2.